The monoisotopic (exact) mass is 429 g/mol. The number of aryl methyl sites for hydroxylation is 2. The van der Waals surface area contributed by atoms with Gasteiger partial charge in [-0.15, -0.1) is 0 Å². The van der Waals surface area contributed by atoms with Gasteiger partial charge in [0.2, 0.25) is 17.7 Å². The van der Waals surface area contributed by atoms with E-state index in [1.165, 1.54) is 20.5 Å². The minimum atomic E-state index is -0.601. The van der Waals surface area contributed by atoms with E-state index < -0.39 is 5.91 Å². The predicted molar refractivity (Wildman–Crippen MR) is 111 cm³/mol. The van der Waals surface area contributed by atoms with Crippen LogP contribution in [0, 0.1) is 13.8 Å². The smallest absolute Gasteiger partial charge is 0.399 e. The van der Waals surface area contributed by atoms with Crippen molar-refractivity contribution in [1.82, 2.24) is 15.0 Å². The number of carbonyl (C=O) groups excluding carboxylic acids is 1. The summed E-state index contributed by atoms with van der Waals surface area (Å²) in [6.45, 7) is 3.96. The molecule has 0 aliphatic carbocycles. The van der Waals surface area contributed by atoms with Crippen LogP contribution in [0.1, 0.15) is 21.6 Å². The molecule has 0 saturated carbocycles. The van der Waals surface area contributed by atoms with E-state index in [1.54, 1.807) is 0 Å². The molecule has 0 radical (unpaired) electrons. The number of ether oxygens (including phenoxy) is 3. The molecule has 1 aromatic carbocycles. The van der Waals surface area contributed by atoms with Crippen LogP contribution in [0.5, 0.6) is 23.6 Å². The fourth-order valence-corrected chi connectivity index (χ4v) is 2.57. The summed E-state index contributed by atoms with van der Waals surface area (Å²) in [5.74, 6) is 0.283. The Balaban J connectivity index is 1.79. The molecule has 0 fully saturated rings. The molecular formula is C20H23N5O6. The number of oxazole rings is 1. The molecule has 31 heavy (non-hydrogen) atoms. The van der Waals surface area contributed by atoms with Crippen molar-refractivity contribution in [3.63, 3.8) is 0 Å². The Bertz CT molecular complexity index is 1040. The molecule has 0 aliphatic rings. The standard InChI is InChI=1S/C20H23N5O6/c1-11-5-6-12(2)14(9-11)31-20-22-13(10-30-20)16(27)23-15-17(28-3)24-19(21-7-8-26)25-18(15)29-4/h5-6,9-10,26H,7-8H2,1-4H3,(H,23,27)(H,21,24,25). The maximum atomic E-state index is 12.7. The van der Waals surface area contributed by atoms with E-state index in [0.29, 0.717) is 5.75 Å². The van der Waals surface area contributed by atoms with Gasteiger partial charge in [-0.2, -0.15) is 15.0 Å². The van der Waals surface area contributed by atoms with E-state index in [4.69, 9.17) is 23.7 Å². The third-order valence-electron chi connectivity index (χ3n) is 4.12. The number of aliphatic hydroxyl groups is 1. The van der Waals surface area contributed by atoms with Gasteiger partial charge in [-0.1, -0.05) is 12.1 Å². The van der Waals surface area contributed by atoms with Crippen LogP contribution in [0.2, 0.25) is 0 Å². The average Bonchev–Trinajstić information content (AvgIpc) is 3.23. The maximum absolute atomic E-state index is 12.7. The highest BCUT2D eigenvalue weighted by Gasteiger charge is 2.22. The Hall–Kier alpha value is -3.86. The quantitative estimate of drug-likeness (QED) is 0.465. The molecule has 2 heterocycles. The third kappa shape index (κ3) is 5.20. The molecule has 0 spiro atoms. The number of anilines is 2. The number of carbonyl (C=O) groups is 1. The van der Waals surface area contributed by atoms with Crippen molar-refractivity contribution in [3.05, 3.63) is 41.3 Å². The lowest BCUT2D eigenvalue weighted by atomic mass is 10.1. The SMILES string of the molecule is COc1nc(NCCO)nc(OC)c1NC(=O)c1coc(Oc2cc(C)ccc2C)n1. The van der Waals surface area contributed by atoms with Gasteiger partial charge >= 0.3 is 6.08 Å². The lowest BCUT2D eigenvalue weighted by Gasteiger charge is -2.13. The summed E-state index contributed by atoms with van der Waals surface area (Å²) in [5, 5.41) is 14.4. The maximum Gasteiger partial charge on any atom is 0.399 e. The molecule has 3 N–H and O–H groups in total. The highest BCUT2D eigenvalue weighted by atomic mass is 16.6. The lowest BCUT2D eigenvalue weighted by molar-refractivity contribution is 0.102. The zero-order chi connectivity index (χ0) is 22.4. The predicted octanol–water partition coefficient (Wildman–Crippen LogP) is 2.55. The first-order valence-electron chi connectivity index (χ1n) is 9.32. The van der Waals surface area contributed by atoms with Gasteiger partial charge in [-0.25, -0.2) is 0 Å². The van der Waals surface area contributed by atoms with E-state index in [9.17, 15) is 4.79 Å². The van der Waals surface area contributed by atoms with Gasteiger partial charge in [0.1, 0.15) is 12.0 Å². The third-order valence-corrected chi connectivity index (χ3v) is 4.12. The largest absolute Gasteiger partial charge is 0.479 e. The second-order valence-electron chi connectivity index (χ2n) is 6.41. The molecule has 0 unspecified atom stereocenters. The first-order chi connectivity index (χ1) is 14.9. The number of methoxy groups -OCH3 is 2. The van der Waals surface area contributed by atoms with Gasteiger partial charge in [-0.05, 0) is 31.0 Å². The zero-order valence-electron chi connectivity index (χ0n) is 17.6. The minimum Gasteiger partial charge on any atom is -0.479 e. The molecule has 0 atom stereocenters. The molecule has 3 aromatic rings. The first kappa shape index (κ1) is 21.8. The highest BCUT2D eigenvalue weighted by Crippen LogP contribution is 2.33. The Morgan fingerprint density at radius 3 is 2.48 bits per heavy atom. The van der Waals surface area contributed by atoms with Crippen LogP contribution in [-0.2, 0) is 0 Å². The van der Waals surface area contributed by atoms with Crippen molar-refractivity contribution in [2.75, 3.05) is 38.0 Å². The van der Waals surface area contributed by atoms with Crippen molar-refractivity contribution in [1.29, 1.82) is 0 Å². The summed E-state index contributed by atoms with van der Waals surface area (Å²) in [6.07, 6.45) is 1.10. The molecule has 2 aromatic heterocycles. The first-order valence-corrected chi connectivity index (χ1v) is 9.32. The number of aromatic nitrogens is 3. The molecule has 164 valence electrons. The van der Waals surface area contributed by atoms with Gasteiger partial charge in [0.25, 0.3) is 5.91 Å². The Morgan fingerprint density at radius 1 is 1.13 bits per heavy atom. The average molecular weight is 429 g/mol. The fourth-order valence-electron chi connectivity index (χ4n) is 2.57. The summed E-state index contributed by atoms with van der Waals surface area (Å²) in [4.78, 5) is 25.1. The normalized spacial score (nSPS) is 10.5. The number of aliphatic hydroxyl groups excluding tert-OH is 1. The van der Waals surface area contributed by atoms with E-state index in [2.05, 4.69) is 25.6 Å². The molecule has 11 heteroatoms. The fraction of sp³-hybridized carbons (Fsp3) is 0.300. The zero-order valence-corrected chi connectivity index (χ0v) is 17.6. The van der Waals surface area contributed by atoms with Crippen molar-refractivity contribution >= 4 is 17.5 Å². The van der Waals surface area contributed by atoms with Crippen molar-refractivity contribution < 1.29 is 28.5 Å². The number of amides is 1. The van der Waals surface area contributed by atoms with Crippen LogP contribution in [0.15, 0.2) is 28.9 Å². The van der Waals surface area contributed by atoms with E-state index in [1.807, 2.05) is 32.0 Å². The van der Waals surface area contributed by atoms with Gasteiger partial charge in [-0.3, -0.25) is 4.79 Å². The highest BCUT2D eigenvalue weighted by molar-refractivity contribution is 6.04. The van der Waals surface area contributed by atoms with E-state index in [-0.39, 0.29) is 48.3 Å². The molecule has 0 bridgehead atoms. The summed E-state index contributed by atoms with van der Waals surface area (Å²) in [5.41, 5.74) is 2.01. The number of hydrogen-bond donors (Lipinski definition) is 3. The van der Waals surface area contributed by atoms with Crippen LogP contribution in [0.25, 0.3) is 0 Å². The van der Waals surface area contributed by atoms with Crippen LogP contribution >= 0.6 is 0 Å². The van der Waals surface area contributed by atoms with E-state index in [0.717, 1.165) is 11.1 Å². The second-order valence-corrected chi connectivity index (χ2v) is 6.41. The summed E-state index contributed by atoms with van der Waals surface area (Å²) < 4.78 is 21.4. The summed E-state index contributed by atoms with van der Waals surface area (Å²) in [7, 11) is 2.78. The topological polar surface area (TPSA) is 141 Å². The van der Waals surface area contributed by atoms with Crippen LogP contribution in [0.4, 0.5) is 11.6 Å². The summed E-state index contributed by atoms with van der Waals surface area (Å²) >= 11 is 0. The Morgan fingerprint density at radius 2 is 1.84 bits per heavy atom. The van der Waals surface area contributed by atoms with Gasteiger partial charge in [0, 0.05) is 6.54 Å². The van der Waals surface area contributed by atoms with Gasteiger partial charge in [0.15, 0.2) is 11.4 Å². The minimum absolute atomic E-state index is 0.0214. The number of benzene rings is 1. The van der Waals surface area contributed by atoms with E-state index >= 15 is 0 Å². The van der Waals surface area contributed by atoms with Crippen LogP contribution in [-0.4, -0.2) is 53.3 Å². The number of rotatable bonds is 9. The number of nitrogens with one attached hydrogen (secondary N) is 2. The number of nitrogens with zero attached hydrogens (tertiary/aromatic N) is 3. The Kier molecular flexibility index (Phi) is 6.88. The van der Waals surface area contributed by atoms with Crippen molar-refractivity contribution in [2.24, 2.45) is 0 Å². The van der Waals surface area contributed by atoms with Crippen molar-refractivity contribution in [2.45, 2.75) is 13.8 Å². The van der Waals surface area contributed by atoms with Gasteiger partial charge in [0.05, 0.1) is 20.8 Å². The molecule has 0 aliphatic heterocycles. The molecule has 11 nitrogen and oxygen atoms in total. The molecule has 3 rings (SSSR count). The van der Waals surface area contributed by atoms with Crippen LogP contribution in [0.3, 0.4) is 0 Å². The van der Waals surface area contributed by atoms with Gasteiger partial charge < -0.3 is 34.4 Å². The lowest BCUT2D eigenvalue weighted by Crippen LogP contribution is -2.16. The second kappa shape index (κ2) is 9.76. The molecular weight excluding hydrogens is 406 g/mol. The molecule has 0 saturated heterocycles. The summed E-state index contributed by atoms with van der Waals surface area (Å²) in [6, 6.07) is 5.72. The Labute approximate surface area is 178 Å². The van der Waals surface area contributed by atoms with Crippen LogP contribution < -0.4 is 24.8 Å². The number of hydrogen-bond acceptors (Lipinski definition) is 10. The van der Waals surface area contributed by atoms with Crippen molar-refractivity contribution in [3.8, 4) is 23.6 Å². The molecule has 1 amide bonds.